The zero-order valence-electron chi connectivity index (χ0n) is 15.3. The molecule has 0 aromatic heterocycles. The van der Waals surface area contributed by atoms with E-state index in [1.165, 1.54) is 12.8 Å². The molecule has 1 amide bonds. The van der Waals surface area contributed by atoms with E-state index in [2.05, 4.69) is 10.2 Å². The predicted molar refractivity (Wildman–Crippen MR) is 97.7 cm³/mol. The Labute approximate surface area is 150 Å². The standard InChI is InChI=1S/C20H30N2O3/c1-20(2,24)10-9-15-5-7-16(8-6-15)19(23)21-17-13-25-14-18(17)22-11-3-4-12-22/h5-8,17-18,24H,3-4,9-14H2,1-2H3,(H,21,23). The molecular formula is C20H30N2O3. The van der Waals surface area contributed by atoms with Crippen LogP contribution in [0.4, 0.5) is 0 Å². The number of amides is 1. The number of ether oxygens (including phenoxy) is 1. The molecule has 138 valence electrons. The van der Waals surface area contributed by atoms with Crippen LogP contribution in [0.2, 0.25) is 0 Å². The van der Waals surface area contributed by atoms with E-state index in [0.29, 0.717) is 31.2 Å². The van der Waals surface area contributed by atoms with Crippen LogP contribution in [0.5, 0.6) is 0 Å². The minimum Gasteiger partial charge on any atom is -0.390 e. The molecule has 2 fully saturated rings. The minimum atomic E-state index is -0.664. The molecule has 5 heteroatoms. The molecule has 0 aliphatic carbocycles. The van der Waals surface area contributed by atoms with Crippen LogP contribution < -0.4 is 5.32 Å². The zero-order chi connectivity index (χ0) is 17.9. The molecule has 25 heavy (non-hydrogen) atoms. The first-order valence-electron chi connectivity index (χ1n) is 9.36. The number of nitrogens with one attached hydrogen (secondary N) is 1. The number of rotatable bonds is 6. The molecule has 0 radical (unpaired) electrons. The summed E-state index contributed by atoms with van der Waals surface area (Å²) in [6.45, 7) is 7.15. The highest BCUT2D eigenvalue weighted by atomic mass is 16.5. The smallest absolute Gasteiger partial charge is 0.251 e. The molecule has 2 saturated heterocycles. The quantitative estimate of drug-likeness (QED) is 0.827. The van der Waals surface area contributed by atoms with E-state index < -0.39 is 5.60 Å². The third-order valence-electron chi connectivity index (χ3n) is 5.22. The topological polar surface area (TPSA) is 61.8 Å². The number of benzene rings is 1. The molecule has 0 spiro atoms. The summed E-state index contributed by atoms with van der Waals surface area (Å²) in [6.07, 6.45) is 3.99. The lowest BCUT2D eigenvalue weighted by Crippen LogP contribution is -2.50. The van der Waals surface area contributed by atoms with Crippen molar-refractivity contribution in [3.05, 3.63) is 35.4 Å². The van der Waals surface area contributed by atoms with Crippen LogP contribution in [-0.4, -0.2) is 59.9 Å². The van der Waals surface area contributed by atoms with Gasteiger partial charge in [-0.05, 0) is 70.3 Å². The fraction of sp³-hybridized carbons (Fsp3) is 0.650. The van der Waals surface area contributed by atoms with Crippen LogP contribution in [0.25, 0.3) is 0 Å². The summed E-state index contributed by atoms with van der Waals surface area (Å²) in [5.41, 5.74) is 1.15. The number of aliphatic hydroxyl groups is 1. The van der Waals surface area contributed by atoms with Crippen molar-refractivity contribution in [2.24, 2.45) is 0 Å². The van der Waals surface area contributed by atoms with Gasteiger partial charge < -0.3 is 15.2 Å². The van der Waals surface area contributed by atoms with Crippen LogP contribution in [0.15, 0.2) is 24.3 Å². The average molecular weight is 346 g/mol. The van der Waals surface area contributed by atoms with Crippen molar-refractivity contribution in [1.82, 2.24) is 10.2 Å². The summed E-state index contributed by atoms with van der Waals surface area (Å²) < 4.78 is 5.62. The van der Waals surface area contributed by atoms with Crippen LogP contribution in [0, 0.1) is 0 Å². The number of carbonyl (C=O) groups excluding carboxylic acids is 1. The number of nitrogens with zero attached hydrogens (tertiary/aromatic N) is 1. The first kappa shape index (κ1) is 18.4. The summed E-state index contributed by atoms with van der Waals surface area (Å²) >= 11 is 0. The highest BCUT2D eigenvalue weighted by Gasteiger charge is 2.35. The van der Waals surface area contributed by atoms with E-state index in [4.69, 9.17) is 4.74 Å². The van der Waals surface area contributed by atoms with Gasteiger partial charge in [-0.25, -0.2) is 0 Å². The Hall–Kier alpha value is -1.43. The number of aryl methyl sites for hydroxylation is 1. The summed E-state index contributed by atoms with van der Waals surface area (Å²) in [7, 11) is 0. The highest BCUT2D eigenvalue weighted by Crippen LogP contribution is 2.20. The minimum absolute atomic E-state index is 0.0336. The second-order valence-corrected chi connectivity index (χ2v) is 7.94. The Kier molecular flexibility index (Phi) is 5.77. The van der Waals surface area contributed by atoms with Crippen molar-refractivity contribution in [2.75, 3.05) is 26.3 Å². The molecule has 0 saturated carbocycles. The van der Waals surface area contributed by atoms with Gasteiger partial charge >= 0.3 is 0 Å². The number of carbonyl (C=O) groups is 1. The molecular weight excluding hydrogens is 316 g/mol. The normalized spacial score (nSPS) is 24.6. The van der Waals surface area contributed by atoms with E-state index >= 15 is 0 Å². The van der Waals surface area contributed by atoms with Gasteiger partial charge in [0.15, 0.2) is 0 Å². The van der Waals surface area contributed by atoms with Gasteiger partial charge in [-0.3, -0.25) is 9.69 Å². The lowest BCUT2D eigenvalue weighted by molar-refractivity contribution is 0.0713. The Morgan fingerprint density at radius 3 is 2.56 bits per heavy atom. The van der Waals surface area contributed by atoms with Crippen molar-refractivity contribution in [2.45, 2.75) is 57.2 Å². The Bertz CT molecular complexity index is 574. The lowest BCUT2D eigenvalue weighted by atomic mass is 9.98. The van der Waals surface area contributed by atoms with E-state index in [0.717, 1.165) is 25.1 Å². The maximum atomic E-state index is 12.6. The fourth-order valence-electron chi connectivity index (χ4n) is 3.64. The second kappa shape index (κ2) is 7.85. The molecule has 2 unspecified atom stereocenters. The Balaban J connectivity index is 1.55. The van der Waals surface area contributed by atoms with Gasteiger partial charge in [0.25, 0.3) is 5.91 Å². The Morgan fingerprint density at radius 1 is 1.24 bits per heavy atom. The van der Waals surface area contributed by atoms with Gasteiger partial charge in [-0.15, -0.1) is 0 Å². The molecule has 1 aromatic carbocycles. The first-order valence-corrected chi connectivity index (χ1v) is 9.36. The zero-order valence-corrected chi connectivity index (χ0v) is 15.3. The number of likely N-dealkylation sites (tertiary alicyclic amines) is 1. The van der Waals surface area contributed by atoms with Crippen molar-refractivity contribution < 1.29 is 14.6 Å². The summed E-state index contributed by atoms with van der Waals surface area (Å²) in [5.74, 6) is -0.0336. The molecule has 2 heterocycles. The van der Waals surface area contributed by atoms with Crippen molar-refractivity contribution in [3.63, 3.8) is 0 Å². The van der Waals surface area contributed by atoms with Gasteiger partial charge in [0.1, 0.15) is 0 Å². The summed E-state index contributed by atoms with van der Waals surface area (Å²) in [4.78, 5) is 15.0. The monoisotopic (exact) mass is 346 g/mol. The van der Waals surface area contributed by atoms with Crippen molar-refractivity contribution in [1.29, 1.82) is 0 Å². The van der Waals surface area contributed by atoms with E-state index in [9.17, 15) is 9.90 Å². The van der Waals surface area contributed by atoms with Crippen LogP contribution in [0.1, 0.15) is 49.0 Å². The Morgan fingerprint density at radius 2 is 1.92 bits per heavy atom. The summed E-state index contributed by atoms with van der Waals surface area (Å²) in [5, 5.41) is 13.0. The average Bonchev–Trinajstić information content (AvgIpc) is 3.23. The molecule has 2 N–H and O–H groups in total. The van der Waals surface area contributed by atoms with Crippen molar-refractivity contribution >= 4 is 5.91 Å². The molecule has 1 aromatic rings. The maximum absolute atomic E-state index is 12.6. The van der Waals surface area contributed by atoms with E-state index in [-0.39, 0.29) is 11.9 Å². The van der Waals surface area contributed by atoms with Gasteiger partial charge in [0, 0.05) is 5.56 Å². The van der Waals surface area contributed by atoms with Gasteiger partial charge in [-0.2, -0.15) is 0 Å². The SMILES string of the molecule is CC(C)(O)CCc1ccc(C(=O)NC2COCC2N2CCCC2)cc1. The first-order chi connectivity index (χ1) is 11.9. The van der Waals surface area contributed by atoms with Crippen LogP contribution in [0.3, 0.4) is 0 Å². The molecule has 3 rings (SSSR count). The molecule has 2 aliphatic rings. The van der Waals surface area contributed by atoms with Crippen LogP contribution in [-0.2, 0) is 11.2 Å². The third kappa shape index (κ3) is 5.03. The molecule has 2 aliphatic heterocycles. The fourth-order valence-corrected chi connectivity index (χ4v) is 3.64. The van der Waals surface area contributed by atoms with E-state index in [1.807, 2.05) is 38.1 Å². The molecule has 2 atom stereocenters. The van der Waals surface area contributed by atoms with Crippen molar-refractivity contribution in [3.8, 4) is 0 Å². The van der Waals surface area contributed by atoms with Gasteiger partial charge in [0.2, 0.25) is 0 Å². The van der Waals surface area contributed by atoms with Crippen LogP contribution >= 0.6 is 0 Å². The largest absolute Gasteiger partial charge is 0.390 e. The summed E-state index contributed by atoms with van der Waals surface area (Å²) in [6, 6.07) is 8.07. The lowest BCUT2D eigenvalue weighted by Gasteiger charge is -2.27. The molecule has 5 nitrogen and oxygen atoms in total. The predicted octanol–water partition coefficient (Wildman–Crippen LogP) is 1.98. The number of hydrogen-bond acceptors (Lipinski definition) is 4. The third-order valence-corrected chi connectivity index (χ3v) is 5.22. The van der Waals surface area contributed by atoms with E-state index in [1.54, 1.807) is 0 Å². The maximum Gasteiger partial charge on any atom is 0.251 e. The highest BCUT2D eigenvalue weighted by molar-refractivity contribution is 5.94. The van der Waals surface area contributed by atoms with Gasteiger partial charge in [-0.1, -0.05) is 12.1 Å². The van der Waals surface area contributed by atoms with Gasteiger partial charge in [0.05, 0.1) is 30.9 Å². The molecule has 0 bridgehead atoms. The second-order valence-electron chi connectivity index (χ2n) is 7.94. The number of hydrogen-bond donors (Lipinski definition) is 2.